The lowest BCUT2D eigenvalue weighted by atomic mass is 9.93. The molecule has 28 heavy (non-hydrogen) atoms. The average molecular weight is 401 g/mol. The van der Waals surface area contributed by atoms with Crippen LogP contribution in [0, 0.1) is 11.1 Å². The SMILES string of the molecule is O=C(C1=NO[C@H]2C(=O)N(c3ccccc3N([O-])O)C(=O)[C@H]12)c1ccc(Cl)cc1. The van der Waals surface area contributed by atoms with Gasteiger partial charge in [0.2, 0.25) is 17.8 Å². The van der Waals surface area contributed by atoms with Crippen molar-refractivity contribution in [3.8, 4) is 0 Å². The van der Waals surface area contributed by atoms with Crippen molar-refractivity contribution in [1.82, 2.24) is 0 Å². The van der Waals surface area contributed by atoms with Crippen LogP contribution in [0.1, 0.15) is 10.4 Å². The number of anilines is 2. The molecule has 1 saturated heterocycles. The van der Waals surface area contributed by atoms with Crippen molar-refractivity contribution >= 4 is 46.3 Å². The molecule has 0 spiro atoms. The number of halogens is 1. The molecule has 0 saturated carbocycles. The Kier molecular flexibility index (Phi) is 4.34. The predicted molar refractivity (Wildman–Crippen MR) is 98.1 cm³/mol. The van der Waals surface area contributed by atoms with Crippen LogP contribution in [0.4, 0.5) is 11.4 Å². The molecule has 0 aliphatic carbocycles. The van der Waals surface area contributed by atoms with Crippen molar-refractivity contribution in [2.24, 2.45) is 11.1 Å². The van der Waals surface area contributed by atoms with Gasteiger partial charge >= 0.3 is 0 Å². The van der Waals surface area contributed by atoms with Crippen molar-refractivity contribution in [3.05, 3.63) is 64.3 Å². The fraction of sp³-hybridized carbons (Fsp3) is 0.111. The predicted octanol–water partition coefficient (Wildman–Crippen LogP) is 2.16. The maximum Gasteiger partial charge on any atom is 0.279 e. The van der Waals surface area contributed by atoms with Crippen LogP contribution in [0.5, 0.6) is 0 Å². The van der Waals surface area contributed by atoms with E-state index in [4.69, 9.17) is 16.4 Å². The number of hydrogen-bond donors (Lipinski definition) is 1. The van der Waals surface area contributed by atoms with Crippen LogP contribution in [0.2, 0.25) is 5.02 Å². The molecule has 2 aromatic rings. The Morgan fingerprint density at radius 3 is 2.50 bits per heavy atom. The van der Waals surface area contributed by atoms with Gasteiger partial charge in [-0.3, -0.25) is 19.6 Å². The van der Waals surface area contributed by atoms with Crippen molar-refractivity contribution in [2.45, 2.75) is 6.10 Å². The van der Waals surface area contributed by atoms with Gasteiger partial charge in [0, 0.05) is 10.6 Å². The van der Waals surface area contributed by atoms with Crippen molar-refractivity contribution in [1.29, 1.82) is 0 Å². The number of oxime groups is 1. The molecule has 1 N–H and O–H groups in total. The quantitative estimate of drug-likeness (QED) is 0.474. The highest BCUT2D eigenvalue weighted by Crippen LogP contribution is 2.38. The summed E-state index contributed by atoms with van der Waals surface area (Å²) >= 11 is 5.81. The summed E-state index contributed by atoms with van der Waals surface area (Å²) in [5, 5.41) is 24.3. The van der Waals surface area contributed by atoms with Gasteiger partial charge in [0.05, 0.1) is 11.4 Å². The Morgan fingerprint density at radius 1 is 1.14 bits per heavy atom. The van der Waals surface area contributed by atoms with Gasteiger partial charge < -0.3 is 15.3 Å². The fourth-order valence-corrected chi connectivity index (χ4v) is 3.29. The topological polar surface area (TPSA) is 123 Å². The Balaban J connectivity index is 1.69. The van der Waals surface area contributed by atoms with Crippen LogP contribution in [-0.4, -0.2) is 34.6 Å². The van der Waals surface area contributed by atoms with E-state index in [0.717, 1.165) is 4.90 Å². The van der Waals surface area contributed by atoms with E-state index >= 15 is 0 Å². The lowest BCUT2D eigenvalue weighted by molar-refractivity contribution is -0.126. The number of carbonyl (C=O) groups excluding carboxylic acids is 3. The summed E-state index contributed by atoms with van der Waals surface area (Å²) in [5.41, 5.74) is -0.404. The second kappa shape index (κ2) is 6.71. The summed E-state index contributed by atoms with van der Waals surface area (Å²) in [6, 6.07) is 11.5. The molecule has 0 bridgehead atoms. The number of carbonyl (C=O) groups is 3. The molecule has 142 valence electrons. The lowest BCUT2D eigenvalue weighted by Gasteiger charge is -2.27. The van der Waals surface area contributed by atoms with Gasteiger partial charge in [-0.15, -0.1) is 0 Å². The highest BCUT2D eigenvalue weighted by Gasteiger charge is 2.57. The largest absolute Gasteiger partial charge is 0.733 e. The van der Waals surface area contributed by atoms with Gasteiger partial charge in [-0.05, 0) is 36.4 Å². The summed E-state index contributed by atoms with van der Waals surface area (Å²) in [6.07, 6.45) is -1.31. The highest BCUT2D eigenvalue weighted by atomic mass is 35.5. The van der Waals surface area contributed by atoms with Crippen molar-refractivity contribution < 1.29 is 24.4 Å². The fourth-order valence-electron chi connectivity index (χ4n) is 3.17. The molecule has 2 atom stereocenters. The van der Waals surface area contributed by atoms with Crippen LogP contribution in [-0.2, 0) is 14.4 Å². The van der Waals surface area contributed by atoms with E-state index in [1.807, 2.05) is 0 Å². The molecule has 10 heteroatoms. The van der Waals surface area contributed by atoms with E-state index in [2.05, 4.69) is 5.16 Å². The van der Waals surface area contributed by atoms with Crippen LogP contribution < -0.4 is 10.1 Å². The van der Waals surface area contributed by atoms with E-state index < -0.39 is 34.8 Å². The minimum atomic E-state index is -1.31. The number of para-hydroxylation sites is 2. The molecule has 2 aromatic carbocycles. The molecule has 2 aliphatic heterocycles. The van der Waals surface area contributed by atoms with Gasteiger partial charge in [0.25, 0.3) is 5.91 Å². The number of nitrogens with zero attached hydrogens (tertiary/aromatic N) is 3. The number of ketones is 1. The molecule has 0 radical (unpaired) electrons. The summed E-state index contributed by atoms with van der Waals surface area (Å²) in [4.78, 5) is 44.2. The third-order valence-corrected chi connectivity index (χ3v) is 4.73. The molecule has 4 rings (SSSR count). The van der Waals surface area contributed by atoms with E-state index in [0.29, 0.717) is 5.02 Å². The van der Waals surface area contributed by atoms with Gasteiger partial charge in [-0.25, -0.2) is 4.90 Å². The second-order valence-corrected chi connectivity index (χ2v) is 6.53. The average Bonchev–Trinajstić information content (AvgIpc) is 3.22. The van der Waals surface area contributed by atoms with Crippen LogP contribution in [0.3, 0.4) is 0 Å². The molecule has 2 aliphatic rings. The molecule has 0 aromatic heterocycles. The molecule has 0 unspecified atom stereocenters. The summed E-state index contributed by atoms with van der Waals surface area (Å²) in [6.45, 7) is 0. The summed E-state index contributed by atoms with van der Waals surface area (Å²) in [7, 11) is 0. The Morgan fingerprint density at radius 2 is 1.82 bits per heavy atom. The van der Waals surface area contributed by atoms with Crippen LogP contribution in [0.25, 0.3) is 0 Å². The number of imide groups is 1. The second-order valence-electron chi connectivity index (χ2n) is 6.09. The first-order chi connectivity index (χ1) is 13.4. The minimum absolute atomic E-state index is 0.119. The molecular weight excluding hydrogens is 390 g/mol. The first-order valence-electron chi connectivity index (χ1n) is 8.07. The van der Waals surface area contributed by atoms with Crippen LogP contribution >= 0.6 is 11.6 Å². The summed E-state index contributed by atoms with van der Waals surface area (Å²) < 4.78 is 0. The Hall–Kier alpha value is -3.27. The van der Waals surface area contributed by atoms with Gasteiger partial charge in [-0.2, -0.15) is 0 Å². The Bertz CT molecular complexity index is 1020. The third-order valence-electron chi connectivity index (χ3n) is 4.48. The number of Topliss-reactive ketones (excluding diaryl/α,β-unsaturated/α-hetero) is 1. The van der Waals surface area contributed by atoms with Crippen molar-refractivity contribution in [2.75, 3.05) is 10.1 Å². The molecule has 2 amide bonds. The van der Waals surface area contributed by atoms with Gasteiger partial charge in [0.1, 0.15) is 11.6 Å². The molecule has 1 fully saturated rings. The first-order valence-corrected chi connectivity index (χ1v) is 8.45. The standard InChI is InChI=1S/C18H11ClN3O6/c19-10-7-5-9(6-8-10)15(23)14-13-16(28-20-14)18(25)21(17(13)24)11-3-1-2-4-12(11)22(26)27/h1-8,13,16,26H/q-1/t13-,16-/m1/s1. The zero-order valence-electron chi connectivity index (χ0n) is 14.0. The zero-order chi connectivity index (χ0) is 20.0. The van der Waals surface area contributed by atoms with Crippen LogP contribution in [0.15, 0.2) is 53.7 Å². The molecular formula is C18H11ClN3O6-. The number of hydrogen-bond acceptors (Lipinski definition) is 8. The van der Waals surface area contributed by atoms with E-state index in [1.165, 1.54) is 48.5 Å². The minimum Gasteiger partial charge on any atom is -0.733 e. The maximum absolute atomic E-state index is 12.9. The number of rotatable bonds is 4. The number of fused-ring (bicyclic) bond motifs is 1. The number of benzene rings is 2. The van der Waals surface area contributed by atoms with E-state index in [1.54, 1.807) is 0 Å². The van der Waals surface area contributed by atoms with Gasteiger partial charge in [0.15, 0.2) is 0 Å². The first kappa shape index (κ1) is 18.1. The van der Waals surface area contributed by atoms with Crippen molar-refractivity contribution in [3.63, 3.8) is 0 Å². The smallest absolute Gasteiger partial charge is 0.279 e. The monoisotopic (exact) mass is 400 g/mol. The molecule has 2 heterocycles. The molecule has 9 nitrogen and oxygen atoms in total. The summed E-state index contributed by atoms with van der Waals surface area (Å²) in [5.74, 6) is -3.38. The Labute approximate surface area is 162 Å². The van der Waals surface area contributed by atoms with Gasteiger partial charge in [-0.1, -0.05) is 28.9 Å². The lowest BCUT2D eigenvalue weighted by Crippen LogP contribution is -2.35. The maximum atomic E-state index is 12.9. The highest BCUT2D eigenvalue weighted by molar-refractivity contribution is 6.52. The van der Waals surface area contributed by atoms with E-state index in [-0.39, 0.29) is 22.6 Å². The normalized spacial score (nSPS) is 20.7. The number of amides is 2. The third kappa shape index (κ3) is 2.73. The van der Waals surface area contributed by atoms with E-state index in [9.17, 15) is 24.8 Å². The zero-order valence-corrected chi connectivity index (χ0v) is 14.7.